The van der Waals surface area contributed by atoms with Crippen LogP contribution in [-0.4, -0.2) is 29.4 Å². The number of aromatic nitrogens is 2. The first-order valence-corrected chi connectivity index (χ1v) is 8.06. The predicted molar refractivity (Wildman–Crippen MR) is 84.1 cm³/mol. The smallest absolute Gasteiger partial charge is 0.147 e. The van der Waals surface area contributed by atoms with E-state index < -0.39 is 0 Å². The second-order valence-corrected chi connectivity index (χ2v) is 5.72. The Hall–Kier alpha value is -1.26. The Kier molecular flexibility index (Phi) is 4.36. The highest BCUT2D eigenvalue weighted by atomic mass is 35.5. The Balaban J connectivity index is 2.09. The van der Waals surface area contributed by atoms with Gasteiger partial charge in [0, 0.05) is 18.6 Å². The molecule has 2 aromatic rings. The normalized spacial score (nSPS) is 20.0. The van der Waals surface area contributed by atoms with E-state index in [1.54, 1.807) is 0 Å². The van der Waals surface area contributed by atoms with Gasteiger partial charge in [0.1, 0.15) is 17.1 Å². The summed E-state index contributed by atoms with van der Waals surface area (Å²) in [5, 5.41) is 0. The maximum Gasteiger partial charge on any atom is 0.147 e. The van der Waals surface area contributed by atoms with Gasteiger partial charge in [-0.1, -0.05) is 6.07 Å². The molecule has 21 heavy (non-hydrogen) atoms. The van der Waals surface area contributed by atoms with Crippen molar-refractivity contribution >= 4 is 22.6 Å². The zero-order valence-corrected chi connectivity index (χ0v) is 13.3. The van der Waals surface area contributed by atoms with E-state index in [9.17, 15) is 0 Å². The van der Waals surface area contributed by atoms with Crippen LogP contribution in [0.3, 0.4) is 0 Å². The van der Waals surface area contributed by atoms with Gasteiger partial charge in [-0.2, -0.15) is 0 Å². The maximum absolute atomic E-state index is 6.13. The van der Waals surface area contributed by atoms with Crippen LogP contribution in [-0.2, 0) is 10.6 Å². The molecule has 1 saturated heterocycles. The van der Waals surface area contributed by atoms with Crippen molar-refractivity contribution in [2.24, 2.45) is 5.92 Å². The number of hydrogen-bond donors (Lipinski definition) is 0. The van der Waals surface area contributed by atoms with Gasteiger partial charge in [0.15, 0.2) is 0 Å². The Labute approximate surface area is 130 Å². The summed E-state index contributed by atoms with van der Waals surface area (Å²) in [4.78, 5) is 4.71. The third kappa shape index (κ3) is 2.62. The molecule has 0 spiro atoms. The van der Waals surface area contributed by atoms with Gasteiger partial charge in [-0.3, -0.25) is 0 Å². The fourth-order valence-electron chi connectivity index (χ4n) is 3.10. The second kappa shape index (κ2) is 6.24. The lowest BCUT2D eigenvalue weighted by Gasteiger charge is -2.22. The largest absolute Gasteiger partial charge is 0.492 e. The summed E-state index contributed by atoms with van der Waals surface area (Å²) in [6, 6.07) is 6.39. The Bertz CT molecular complexity index is 620. The van der Waals surface area contributed by atoms with E-state index in [1.165, 1.54) is 0 Å². The Morgan fingerprint density at radius 3 is 3.05 bits per heavy atom. The number of rotatable bonds is 5. The summed E-state index contributed by atoms with van der Waals surface area (Å²) in [6.07, 6.45) is 1.09. The number of ether oxygens (including phenoxy) is 2. The standard InChI is InChI=1S/C16H21ClN2O2/c1-3-21-14-6-4-5-13-16(14)18-15(9-17)19(13)11(2)12-7-8-20-10-12/h4-6,11-12H,3,7-10H2,1-2H3. The third-order valence-electron chi connectivity index (χ3n) is 4.23. The molecule has 2 heterocycles. The minimum absolute atomic E-state index is 0.322. The van der Waals surface area contributed by atoms with Crippen LogP contribution >= 0.6 is 11.6 Å². The molecule has 3 rings (SSSR count). The van der Waals surface area contributed by atoms with Gasteiger partial charge in [0.25, 0.3) is 0 Å². The van der Waals surface area contributed by atoms with E-state index in [0.29, 0.717) is 24.4 Å². The summed E-state index contributed by atoms with van der Waals surface area (Å²) < 4.78 is 13.5. The summed E-state index contributed by atoms with van der Waals surface area (Å²) in [6.45, 7) is 6.50. The first kappa shape index (κ1) is 14.7. The highest BCUT2D eigenvalue weighted by molar-refractivity contribution is 6.16. The van der Waals surface area contributed by atoms with Gasteiger partial charge in [0.2, 0.25) is 0 Å². The SMILES string of the molecule is CCOc1cccc2c1nc(CCl)n2C(C)C1CCOC1. The number of fused-ring (bicyclic) bond motifs is 1. The number of hydrogen-bond acceptors (Lipinski definition) is 3. The number of para-hydroxylation sites is 1. The van der Waals surface area contributed by atoms with Crippen LogP contribution in [0, 0.1) is 5.92 Å². The van der Waals surface area contributed by atoms with Crippen LogP contribution in [0.15, 0.2) is 18.2 Å². The Morgan fingerprint density at radius 1 is 1.52 bits per heavy atom. The van der Waals surface area contributed by atoms with Crippen LogP contribution in [0.1, 0.15) is 32.1 Å². The Morgan fingerprint density at radius 2 is 2.38 bits per heavy atom. The van der Waals surface area contributed by atoms with Crippen molar-refractivity contribution in [3.05, 3.63) is 24.0 Å². The van der Waals surface area contributed by atoms with Crippen molar-refractivity contribution in [2.75, 3.05) is 19.8 Å². The van der Waals surface area contributed by atoms with E-state index in [2.05, 4.69) is 17.6 Å². The highest BCUT2D eigenvalue weighted by Crippen LogP contribution is 2.34. The van der Waals surface area contributed by atoms with Gasteiger partial charge >= 0.3 is 0 Å². The predicted octanol–water partition coefficient (Wildman–Crippen LogP) is 3.77. The van der Waals surface area contributed by atoms with Crippen molar-refractivity contribution in [2.45, 2.75) is 32.2 Å². The van der Waals surface area contributed by atoms with Crippen molar-refractivity contribution in [1.29, 1.82) is 0 Å². The average Bonchev–Trinajstić information content (AvgIpc) is 3.14. The van der Waals surface area contributed by atoms with Gasteiger partial charge in [-0.05, 0) is 32.4 Å². The molecule has 114 valence electrons. The molecule has 4 nitrogen and oxygen atoms in total. The summed E-state index contributed by atoms with van der Waals surface area (Å²) >= 11 is 6.13. The van der Waals surface area contributed by atoms with E-state index in [-0.39, 0.29) is 0 Å². The fourth-order valence-corrected chi connectivity index (χ4v) is 3.29. The van der Waals surface area contributed by atoms with E-state index in [1.807, 2.05) is 19.1 Å². The van der Waals surface area contributed by atoms with Crippen molar-refractivity contribution in [3.8, 4) is 5.75 Å². The van der Waals surface area contributed by atoms with E-state index >= 15 is 0 Å². The minimum atomic E-state index is 0.322. The third-order valence-corrected chi connectivity index (χ3v) is 4.47. The van der Waals surface area contributed by atoms with Gasteiger partial charge in [0.05, 0.1) is 24.6 Å². The monoisotopic (exact) mass is 308 g/mol. The molecule has 0 saturated carbocycles. The molecular formula is C16H21ClN2O2. The van der Waals surface area contributed by atoms with E-state index in [4.69, 9.17) is 26.1 Å². The lowest BCUT2D eigenvalue weighted by Crippen LogP contribution is -2.18. The van der Waals surface area contributed by atoms with Crippen LogP contribution in [0.2, 0.25) is 0 Å². The van der Waals surface area contributed by atoms with Crippen LogP contribution in [0.25, 0.3) is 11.0 Å². The molecule has 0 amide bonds. The van der Waals surface area contributed by atoms with Crippen molar-refractivity contribution < 1.29 is 9.47 Å². The molecule has 2 atom stereocenters. The number of benzene rings is 1. The summed E-state index contributed by atoms with van der Waals surface area (Å²) in [5.74, 6) is 2.64. The molecule has 5 heteroatoms. The second-order valence-electron chi connectivity index (χ2n) is 5.45. The maximum atomic E-state index is 6.13. The van der Waals surface area contributed by atoms with Crippen LogP contribution in [0.4, 0.5) is 0 Å². The first-order valence-electron chi connectivity index (χ1n) is 7.52. The molecule has 0 aliphatic carbocycles. The van der Waals surface area contributed by atoms with Gasteiger partial charge < -0.3 is 14.0 Å². The zero-order valence-electron chi connectivity index (χ0n) is 12.5. The van der Waals surface area contributed by atoms with Crippen molar-refractivity contribution in [1.82, 2.24) is 9.55 Å². The van der Waals surface area contributed by atoms with Gasteiger partial charge in [-0.15, -0.1) is 11.6 Å². The first-order chi connectivity index (χ1) is 10.3. The lowest BCUT2D eigenvalue weighted by molar-refractivity contribution is 0.175. The number of halogens is 1. The van der Waals surface area contributed by atoms with Gasteiger partial charge in [-0.25, -0.2) is 4.98 Å². The average molecular weight is 309 g/mol. The molecule has 1 aromatic heterocycles. The molecule has 1 aromatic carbocycles. The molecule has 0 bridgehead atoms. The van der Waals surface area contributed by atoms with Crippen molar-refractivity contribution in [3.63, 3.8) is 0 Å². The molecule has 1 aliphatic rings. The van der Waals surface area contributed by atoms with Crippen LogP contribution in [0.5, 0.6) is 5.75 Å². The summed E-state index contributed by atoms with van der Waals surface area (Å²) in [7, 11) is 0. The topological polar surface area (TPSA) is 36.3 Å². The molecular weight excluding hydrogens is 288 g/mol. The molecule has 0 N–H and O–H groups in total. The molecule has 1 aliphatic heterocycles. The molecule has 1 fully saturated rings. The zero-order chi connectivity index (χ0) is 14.8. The number of imidazole rings is 1. The molecule has 2 unspecified atom stereocenters. The van der Waals surface area contributed by atoms with Crippen LogP contribution < -0.4 is 4.74 Å². The highest BCUT2D eigenvalue weighted by Gasteiger charge is 2.27. The molecule has 0 radical (unpaired) electrons. The lowest BCUT2D eigenvalue weighted by atomic mass is 10.00. The number of alkyl halides is 1. The fraction of sp³-hybridized carbons (Fsp3) is 0.562. The minimum Gasteiger partial charge on any atom is -0.492 e. The summed E-state index contributed by atoms with van der Waals surface area (Å²) in [5.41, 5.74) is 2.00. The van der Waals surface area contributed by atoms with E-state index in [0.717, 1.165) is 42.2 Å². The number of nitrogens with zero attached hydrogens (tertiary/aromatic N) is 2. The quantitative estimate of drug-likeness (QED) is 0.789.